The number of aryl methyl sites for hydroxylation is 3. The molecule has 1 aromatic carbocycles. The fraction of sp³-hybridized carbons (Fsp3) is 0.200. The van der Waals surface area contributed by atoms with Gasteiger partial charge in [-0.1, -0.05) is 0 Å². The SMILES string of the molecule is Cc1cc(O)c2/c(=N/N)c(-c3sc(C)nc3C)coc2c1. The van der Waals surface area contributed by atoms with E-state index in [2.05, 4.69) is 10.1 Å². The zero-order valence-corrected chi connectivity index (χ0v) is 12.8. The van der Waals surface area contributed by atoms with Crippen LogP contribution in [0.4, 0.5) is 0 Å². The van der Waals surface area contributed by atoms with E-state index in [1.807, 2.05) is 26.8 Å². The molecule has 21 heavy (non-hydrogen) atoms. The first kappa shape index (κ1) is 13.6. The zero-order valence-electron chi connectivity index (χ0n) is 12.0. The average Bonchev–Trinajstić information content (AvgIpc) is 2.76. The molecule has 6 heteroatoms. The fourth-order valence-electron chi connectivity index (χ4n) is 2.45. The molecule has 0 amide bonds. The highest BCUT2D eigenvalue weighted by Gasteiger charge is 2.15. The molecule has 108 valence electrons. The van der Waals surface area contributed by atoms with Crippen LogP contribution in [0.1, 0.15) is 16.3 Å². The molecule has 3 aromatic rings. The number of nitrogens with zero attached hydrogens (tertiary/aromatic N) is 2. The Labute approximate surface area is 125 Å². The van der Waals surface area contributed by atoms with Crippen molar-refractivity contribution in [3.63, 3.8) is 0 Å². The van der Waals surface area contributed by atoms with Crippen LogP contribution in [0.15, 0.2) is 27.9 Å². The van der Waals surface area contributed by atoms with E-state index < -0.39 is 0 Å². The van der Waals surface area contributed by atoms with Gasteiger partial charge in [0.05, 0.1) is 26.5 Å². The van der Waals surface area contributed by atoms with Crippen LogP contribution < -0.4 is 11.2 Å². The summed E-state index contributed by atoms with van der Waals surface area (Å²) < 4.78 is 5.67. The van der Waals surface area contributed by atoms with Crippen LogP contribution in [0.5, 0.6) is 5.75 Å². The highest BCUT2D eigenvalue weighted by molar-refractivity contribution is 7.15. The number of hydrogen-bond donors (Lipinski definition) is 2. The van der Waals surface area contributed by atoms with Gasteiger partial charge in [0, 0.05) is 0 Å². The molecule has 0 saturated carbocycles. The van der Waals surface area contributed by atoms with Crippen LogP contribution in [-0.2, 0) is 0 Å². The molecule has 0 aliphatic heterocycles. The normalized spacial score (nSPS) is 12.2. The summed E-state index contributed by atoms with van der Waals surface area (Å²) in [5.41, 5.74) is 3.10. The lowest BCUT2D eigenvalue weighted by molar-refractivity contribution is 0.479. The summed E-state index contributed by atoms with van der Waals surface area (Å²) in [6.07, 6.45) is 1.62. The topological polar surface area (TPSA) is 84.6 Å². The molecule has 0 spiro atoms. The number of rotatable bonds is 1. The summed E-state index contributed by atoms with van der Waals surface area (Å²) in [5, 5.41) is 16.1. The van der Waals surface area contributed by atoms with Crippen molar-refractivity contribution in [3.05, 3.63) is 40.0 Å². The Morgan fingerprint density at radius 1 is 1.29 bits per heavy atom. The standard InChI is InChI=1S/C15H15N3O2S/c1-7-4-11(19)13-12(5-7)20-6-10(14(13)18-16)15-8(2)17-9(3)21-15/h4-6,19H,16H2,1-3H3/b18-14+. The number of benzene rings is 1. The van der Waals surface area contributed by atoms with Crippen LogP contribution in [-0.4, -0.2) is 10.1 Å². The minimum absolute atomic E-state index is 0.110. The third kappa shape index (κ3) is 2.17. The first-order chi connectivity index (χ1) is 10.0. The number of nitrogens with two attached hydrogens (primary N) is 1. The van der Waals surface area contributed by atoms with E-state index in [9.17, 15) is 5.11 Å². The van der Waals surface area contributed by atoms with Crippen molar-refractivity contribution in [2.24, 2.45) is 10.9 Å². The van der Waals surface area contributed by atoms with E-state index in [-0.39, 0.29) is 5.75 Å². The summed E-state index contributed by atoms with van der Waals surface area (Å²) in [6, 6.07) is 3.51. The maximum absolute atomic E-state index is 10.2. The smallest absolute Gasteiger partial charge is 0.140 e. The van der Waals surface area contributed by atoms with Crippen molar-refractivity contribution in [1.29, 1.82) is 0 Å². The van der Waals surface area contributed by atoms with Gasteiger partial charge >= 0.3 is 0 Å². The van der Waals surface area contributed by atoms with Crippen LogP contribution in [0.3, 0.4) is 0 Å². The first-order valence-corrected chi connectivity index (χ1v) is 7.26. The lowest BCUT2D eigenvalue weighted by atomic mass is 10.1. The van der Waals surface area contributed by atoms with Crippen LogP contribution >= 0.6 is 11.3 Å². The second-order valence-electron chi connectivity index (χ2n) is 4.93. The number of fused-ring (bicyclic) bond motifs is 1. The monoisotopic (exact) mass is 301 g/mol. The number of phenolic OH excluding ortho intramolecular Hbond substituents is 1. The van der Waals surface area contributed by atoms with E-state index in [0.717, 1.165) is 26.7 Å². The van der Waals surface area contributed by atoms with E-state index in [1.54, 1.807) is 23.7 Å². The van der Waals surface area contributed by atoms with Crippen molar-refractivity contribution < 1.29 is 9.52 Å². The number of aromatic hydroxyl groups is 1. The van der Waals surface area contributed by atoms with Crippen LogP contribution in [0, 0.1) is 20.8 Å². The fourth-order valence-corrected chi connectivity index (χ4v) is 3.38. The summed E-state index contributed by atoms with van der Waals surface area (Å²) in [6.45, 7) is 5.76. The lowest BCUT2D eigenvalue weighted by Crippen LogP contribution is -2.11. The molecule has 2 heterocycles. The molecule has 2 aromatic heterocycles. The van der Waals surface area contributed by atoms with Gasteiger partial charge in [-0.15, -0.1) is 11.3 Å². The van der Waals surface area contributed by atoms with Crippen molar-refractivity contribution in [3.8, 4) is 16.2 Å². The highest BCUT2D eigenvalue weighted by atomic mass is 32.1. The Bertz CT molecular complexity index is 909. The largest absolute Gasteiger partial charge is 0.507 e. The summed E-state index contributed by atoms with van der Waals surface area (Å²) in [7, 11) is 0. The third-order valence-corrected chi connectivity index (χ3v) is 4.40. The van der Waals surface area contributed by atoms with Crippen LogP contribution in [0.25, 0.3) is 21.4 Å². The van der Waals surface area contributed by atoms with Crippen molar-refractivity contribution in [1.82, 2.24) is 4.98 Å². The maximum atomic E-state index is 10.2. The van der Waals surface area contributed by atoms with E-state index in [1.165, 1.54) is 0 Å². The molecule has 0 radical (unpaired) electrons. The van der Waals surface area contributed by atoms with Crippen molar-refractivity contribution >= 4 is 22.3 Å². The molecule has 0 atom stereocenters. The van der Waals surface area contributed by atoms with E-state index in [4.69, 9.17) is 10.3 Å². The molecule has 3 rings (SSSR count). The van der Waals surface area contributed by atoms with Gasteiger partial charge < -0.3 is 15.4 Å². The van der Waals surface area contributed by atoms with Gasteiger partial charge in [-0.2, -0.15) is 5.10 Å². The molecular weight excluding hydrogens is 286 g/mol. The molecule has 0 aliphatic carbocycles. The summed E-state index contributed by atoms with van der Waals surface area (Å²) in [5.74, 6) is 5.68. The second kappa shape index (κ2) is 4.89. The summed E-state index contributed by atoms with van der Waals surface area (Å²) in [4.78, 5) is 5.36. The van der Waals surface area contributed by atoms with Crippen molar-refractivity contribution in [2.75, 3.05) is 0 Å². The minimum atomic E-state index is 0.110. The van der Waals surface area contributed by atoms with Gasteiger partial charge in [0.1, 0.15) is 23.0 Å². The highest BCUT2D eigenvalue weighted by Crippen LogP contribution is 2.31. The van der Waals surface area contributed by atoms with Gasteiger partial charge in [-0.3, -0.25) is 0 Å². The van der Waals surface area contributed by atoms with Gasteiger partial charge in [0.2, 0.25) is 0 Å². The first-order valence-electron chi connectivity index (χ1n) is 6.44. The number of aromatic nitrogens is 1. The number of phenols is 1. The van der Waals surface area contributed by atoms with Gasteiger partial charge in [-0.05, 0) is 38.5 Å². The average molecular weight is 301 g/mol. The molecular formula is C15H15N3O2S. The predicted octanol–water partition coefficient (Wildman–Crippen LogP) is 2.96. The zero-order chi connectivity index (χ0) is 15.1. The van der Waals surface area contributed by atoms with E-state index in [0.29, 0.717) is 16.3 Å². The molecule has 0 saturated heterocycles. The third-order valence-electron chi connectivity index (χ3n) is 3.30. The molecule has 0 bridgehead atoms. The van der Waals surface area contributed by atoms with Gasteiger partial charge in [0.15, 0.2) is 0 Å². The Morgan fingerprint density at radius 2 is 2.05 bits per heavy atom. The molecule has 0 fully saturated rings. The Kier molecular flexibility index (Phi) is 3.17. The molecule has 5 nitrogen and oxygen atoms in total. The van der Waals surface area contributed by atoms with E-state index >= 15 is 0 Å². The van der Waals surface area contributed by atoms with Gasteiger partial charge in [-0.25, -0.2) is 4.98 Å². The van der Waals surface area contributed by atoms with Crippen molar-refractivity contribution in [2.45, 2.75) is 20.8 Å². The van der Waals surface area contributed by atoms with Gasteiger partial charge in [0.25, 0.3) is 0 Å². The number of thiazole rings is 1. The maximum Gasteiger partial charge on any atom is 0.140 e. The lowest BCUT2D eigenvalue weighted by Gasteiger charge is -2.06. The molecule has 0 aliphatic rings. The summed E-state index contributed by atoms with van der Waals surface area (Å²) >= 11 is 1.55. The van der Waals surface area contributed by atoms with Crippen LogP contribution in [0.2, 0.25) is 0 Å². The minimum Gasteiger partial charge on any atom is -0.507 e. The quantitative estimate of drug-likeness (QED) is 0.534. The second-order valence-corrected chi connectivity index (χ2v) is 6.13. The Morgan fingerprint density at radius 3 is 2.67 bits per heavy atom. The Balaban J connectivity index is 2.44. The number of hydrogen-bond acceptors (Lipinski definition) is 6. The predicted molar refractivity (Wildman–Crippen MR) is 82.9 cm³/mol. The Hall–Kier alpha value is -2.34. The molecule has 0 unspecified atom stereocenters. The molecule has 3 N–H and O–H groups in total.